The first-order chi connectivity index (χ1) is 7.50. The molecule has 0 nitrogen and oxygen atoms in total. The van der Waals surface area contributed by atoms with E-state index in [0.29, 0.717) is 0 Å². The maximum absolute atomic E-state index is 2.34. The van der Waals surface area contributed by atoms with Crippen LogP contribution in [-0.4, -0.2) is 0 Å². The van der Waals surface area contributed by atoms with Gasteiger partial charge in [0.1, 0.15) is 0 Å². The Balaban J connectivity index is 0. The molecule has 1 aliphatic rings. The fourth-order valence-electron chi connectivity index (χ4n) is 2.15. The van der Waals surface area contributed by atoms with Crippen molar-refractivity contribution in [3.63, 3.8) is 0 Å². The Morgan fingerprint density at radius 1 is 0.842 bits per heavy atom. The Kier molecular flexibility index (Phi) is 9.70. The largest absolute Gasteiger partial charge is 1.00 e. The molecule has 0 heterocycles. The number of hydrogen-bond donors (Lipinski definition) is 0. The van der Waals surface area contributed by atoms with Crippen LogP contribution in [0.4, 0.5) is 0 Å². The van der Waals surface area contributed by atoms with Gasteiger partial charge in [0.05, 0.1) is 0 Å². The fourth-order valence-corrected chi connectivity index (χ4v) is 2.75. The molecule has 0 saturated heterocycles. The summed E-state index contributed by atoms with van der Waals surface area (Å²) >= 11 is 2.29. The SMILES string of the molecule is Cc1cc(C)c(C[C]2([Ti+3])C=CC=C2)cc1C.[Cl-].[Cl-].[Cl-]. The molecule has 1 aromatic carbocycles. The van der Waals surface area contributed by atoms with Gasteiger partial charge < -0.3 is 37.2 Å². The van der Waals surface area contributed by atoms with Gasteiger partial charge in [0.25, 0.3) is 0 Å². The van der Waals surface area contributed by atoms with Gasteiger partial charge in [-0.25, -0.2) is 0 Å². The van der Waals surface area contributed by atoms with Crippen LogP contribution in [0.15, 0.2) is 36.4 Å². The van der Waals surface area contributed by atoms with Gasteiger partial charge in [0, 0.05) is 0 Å². The molecule has 0 atom stereocenters. The van der Waals surface area contributed by atoms with E-state index >= 15 is 0 Å². The first-order valence-corrected chi connectivity index (χ1v) is 6.47. The van der Waals surface area contributed by atoms with Crippen LogP contribution >= 0.6 is 0 Å². The summed E-state index contributed by atoms with van der Waals surface area (Å²) in [5.41, 5.74) is 5.68. The van der Waals surface area contributed by atoms with Gasteiger partial charge in [-0.15, -0.1) is 0 Å². The van der Waals surface area contributed by atoms with Gasteiger partial charge in [0.15, 0.2) is 0 Å². The molecule has 19 heavy (non-hydrogen) atoms. The molecule has 0 spiro atoms. The Hall–Kier alpha value is 0.284. The first-order valence-electron chi connectivity index (χ1n) is 5.69. The summed E-state index contributed by atoms with van der Waals surface area (Å²) in [4.78, 5) is 0. The maximum Gasteiger partial charge on any atom is -1.00 e. The number of allylic oxidation sites excluding steroid dienone is 4. The molecule has 2 rings (SSSR count). The topological polar surface area (TPSA) is 0 Å². The maximum atomic E-state index is 2.34. The number of hydrogen-bond acceptors (Lipinski definition) is 0. The van der Waals surface area contributed by atoms with Crippen LogP contribution in [0.5, 0.6) is 0 Å². The number of halogens is 3. The van der Waals surface area contributed by atoms with E-state index in [1.54, 1.807) is 0 Å². The van der Waals surface area contributed by atoms with Crippen LogP contribution in [0, 0.1) is 20.8 Å². The van der Waals surface area contributed by atoms with Crippen molar-refractivity contribution in [1.82, 2.24) is 0 Å². The molecule has 0 aromatic heterocycles. The third-order valence-electron chi connectivity index (χ3n) is 3.33. The van der Waals surface area contributed by atoms with Gasteiger partial charge >= 0.3 is 110 Å². The zero-order chi connectivity index (χ0) is 11.8. The molecule has 0 saturated carbocycles. The van der Waals surface area contributed by atoms with E-state index in [2.05, 4.69) is 77.6 Å². The summed E-state index contributed by atoms with van der Waals surface area (Å²) in [6.07, 6.45) is 9.99. The smallest absolute Gasteiger partial charge is 1.00 e. The number of aryl methyl sites for hydroxylation is 3. The van der Waals surface area contributed by atoms with E-state index in [1.165, 1.54) is 22.3 Å². The van der Waals surface area contributed by atoms with Crippen molar-refractivity contribution >= 4 is 0 Å². The van der Waals surface area contributed by atoms with Crippen LogP contribution in [-0.2, 0) is 26.9 Å². The molecule has 0 bridgehead atoms. The molecule has 4 heteroatoms. The Labute approximate surface area is 146 Å². The second kappa shape index (κ2) is 8.54. The molecule has 0 radical (unpaired) electrons. The van der Waals surface area contributed by atoms with Gasteiger partial charge in [-0.2, -0.15) is 0 Å². The molecular weight excluding hydrogens is 334 g/mol. The average molecular weight is 352 g/mol. The molecule has 1 aromatic rings. The average Bonchev–Trinajstić information content (AvgIpc) is 2.62. The van der Waals surface area contributed by atoms with Crippen LogP contribution in [0.2, 0.25) is 3.72 Å². The van der Waals surface area contributed by atoms with Crippen molar-refractivity contribution in [3.8, 4) is 0 Å². The van der Waals surface area contributed by atoms with E-state index in [4.69, 9.17) is 0 Å². The van der Waals surface area contributed by atoms with Crippen molar-refractivity contribution < 1.29 is 57.7 Å². The third-order valence-corrected chi connectivity index (χ3v) is 4.13. The van der Waals surface area contributed by atoms with Crippen molar-refractivity contribution in [3.05, 3.63) is 58.7 Å². The van der Waals surface area contributed by atoms with E-state index in [1.807, 2.05) is 0 Å². The minimum Gasteiger partial charge on any atom is -1.00 e. The molecule has 102 valence electrons. The van der Waals surface area contributed by atoms with E-state index in [0.717, 1.165) is 6.42 Å². The van der Waals surface area contributed by atoms with Crippen LogP contribution < -0.4 is 37.2 Å². The second-order valence-electron chi connectivity index (χ2n) is 4.80. The summed E-state index contributed by atoms with van der Waals surface area (Å²) in [7, 11) is 0. The zero-order valence-electron chi connectivity index (χ0n) is 11.3. The van der Waals surface area contributed by atoms with Gasteiger partial charge in [-0.05, 0) is 0 Å². The summed E-state index contributed by atoms with van der Waals surface area (Å²) in [5, 5.41) is 0. The van der Waals surface area contributed by atoms with E-state index < -0.39 is 0 Å². The van der Waals surface area contributed by atoms with Crippen molar-refractivity contribution in [2.45, 2.75) is 30.9 Å². The Morgan fingerprint density at radius 2 is 1.32 bits per heavy atom. The summed E-state index contributed by atoms with van der Waals surface area (Å²) in [6.45, 7) is 6.59. The molecular formula is C15H17Cl3Ti. The van der Waals surface area contributed by atoms with Crippen LogP contribution in [0.3, 0.4) is 0 Å². The molecule has 0 amide bonds. The predicted octanol–water partition coefficient (Wildman–Crippen LogP) is -5.00. The minimum absolute atomic E-state index is 0. The summed E-state index contributed by atoms with van der Waals surface area (Å²) in [6, 6.07) is 4.65. The van der Waals surface area contributed by atoms with Gasteiger partial charge in [0.2, 0.25) is 0 Å². The van der Waals surface area contributed by atoms with Crippen molar-refractivity contribution in [2.24, 2.45) is 0 Å². The van der Waals surface area contributed by atoms with Crippen LogP contribution in [0.1, 0.15) is 22.3 Å². The van der Waals surface area contributed by atoms with Crippen molar-refractivity contribution in [1.29, 1.82) is 0 Å². The predicted molar refractivity (Wildman–Crippen MR) is 65.3 cm³/mol. The standard InChI is InChI=1S/C15H17.3ClH.Ti/c1-11-8-13(3)15(9-12(11)2)10-14-6-4-5-7-14;;;;/h4-9H,10H2,1-3H3;3*1H;/q;;;;+3/p-3. The summed E-state index contributed by atoms with van der Waals surface area (Å²) < 4.78 is 0.215. The Morgan fingerprint density at radius 3 is 1.84 bits per heavy atom. The summed E-state index contributed by atoms with van der Waals surface area (Å²) in [5.74, 6) is 0. The van der Waals surface area contributed by atoms with E-state index in [9.17, 15) is 0 Å². The van der Waals surface area contributed by atoms with Crippen LogP contribution in [0.25, 0.3) is 0 Å². The molecule has 0 fully saturated rings. The molecule has 0 N–H and O–H groups in total. The number of rotatable bonds is 2. The Bertz CT molecular complexity index is 467. The molecule has 0 aliphatic heterocycles. The molecule has 1 aliphatic carbocycles. The quantitative estimate of drug-likeness (QED) is 0.468. The van der Waals surface area contributed by atoms with Crippen molar-refractivity contribution in [2.75, 3.05) is 0 Å². The normalized spacial score (nSPS) is 14.4. The van der Waals surface area contributed by atoms with Gasteiger partial charge in [-0.1, -0.05) is 0 Å². The second-order valence-corrected chi connectivity index (χ2v) is 6.25. The monoisotopic (exact) mass is 350 g/mol. The van der Waals surface area contributed by atoms with Gasteiger partial charge in [-0.3, -0.25) is 0 Å². The number of benzene rings is 1. The third kappa shape index (κ3) is 5.29. The first kappa shape index (κ1) is 21.6. The minimum atomic E-state index is 0. The molecule has 0 unspecified atom stereocenters. The fraction of sp³-hybridized carbons (Fsp3) is 0.333. The zero-order valence-corrected chi connectivity index (χ0v) is 15.1. The van der Waals surface area contributed by atoms with E-state index in [-0.39, 0.29) is 40.9 Å².